The van der Waals surface area contributed by atoms with Crippen LogP contribution in [0.1, 0.15) is 5.82 Å². The van der Waals surface area contributed by atoms with Gasteiger partial charge in [-0.1, -0.05) is 17.7 Å². The van der Waals surface area contributed by atoms with Crippen LogP contribution in [0.15, 0.2) is 23.0 Å². The molecule has 0 fully saturated rings. The number of fused-ring (bicyclic) bond motifs is 3. The molecular weight excluding hydrogens is 244 g/mol. The van der Waals surface area contributed by atoms with Crippen molar-refractivity contribution in [2.45, 2.75) is 6.61 Å². The first-order chi connectivity index (χ1) is 8.20. The second-order valence-corrected chi connectivity index (χ2v) is 3.93. The third kappa shape index (κ3) is 1.42. The number of aromatic amines is 1. The molecule has 0 unspecified atom stereocenters. The highest BCUT2D eigenvalue weighted by Gasteiger charge is 2.11. The third-order valence-corrected chi connectivity index (χ3v) is 2.79. The summed E-state index contributed by atoms with van der Waals surface area (Å²) >= 11 is 6.08. The number of hydrogen-bond acceptors (Lipinski definition) is 4. The standard InChI is InChI=1S/C10H7ClN4O2/c11-5-2-1-3-6-8(5)9-13-7(4-16)14-15(9)10(17)12-6/h1-3,16H,4H2,(H,13,14). The molecule has 0 saturated heterocycles. The van der Waals surface area contributed by atoms with Crippen LogP contribution in [-0.2, 0) is 6.61 Å². The number of rotatable bonds is 1. The first kappa shape index (κ1) is 10.2. The van der Waals surface area contributed by atoms with Gasteiger partial charge in [0.15, 0.2) is 5.82 Å². The summed E-state index contributed by atoms with van der Waals surface area (Å²) in [5.41, 5.74) is 0.427. The maximum Gasteiger partial charge on any atom is 0.370 e. The molecule has 3 rings (SSSR count). The van der Waals surface area contributed by atoms with Gasteiger partial charge in [0.2, 0.25) is 0 Å². The Morgan fingerprint density at radius 2 is 2.29 bits per heavy atom. The van der Waals surface area contributed by atoms with E-state index in [1.165, 1.54) is 0 Å². The fourth-order valence-electron chi connectivity index (χ4n) is 1.75. The Morgan fingerprint density at radius 3 is 3.06 bits per heavy atom. The zero-order valence-corrected chi connectivity index (χ0v) is 9.27. The molecule has 0 radical (unpaired) electrons. The molecular formula is C10H7ClN4O2. The number of aromatic nitrogens is 4. The Labute approximate surface area is 99.5 Å². The van der Waals surface area contributed by atoms with Crippen molar-refractivity contribution in [2.24, 2.45) is 0 Å². The van der Waals surface area contributed by atoms with Crippen LogP contribution in [0.4, 0.5) is 0 Å². The SMILES string of the molecule is O=c1nc2cccc(Cl)c2c2[nH]c(CO)nn12. The van der Waals surface area contributed by atoms with Crippen molar-refractivity contribution in [1.82, 2.24) is 19.6 Å². The quantitative estimate of drug-likeness (QED) is 0.667. The third-order valence-electron chi connectivity index (χ3n) is 2.47. The predicted octanol–water partition coefficient (Wildman–Crippen LogP) is 0.716. The molecule has 3 aromatic rings. The van der Waals surface area contributed by atoms with Crippen LogP contribution in [0.3, 0.4) is 0 Å². The van der Waals surface area contributed by atoms with Gasteiger partial charge in [0.05, 0.1) is 15.9 Å². The summed E-state index contributed by atoms with van der Waals surface area (Å²) in [7, 11) is 0. The smallest absolute Gasteiger partial charge is 0.370 e. The van der Waals surface area contributed by atoms with E-state index in [0.29, 0.717) is 21.6 Å². The van der Waals surface area contributed by atoms with Crippen LogP contribution in [-0.4, -0.2) is 24.7 Å². The van der Waals surface area contributed by atoms with Gasteiger partial charge in [-0.2, -0.15) is 9.50 Å². The molecule has 86 valence electrons. The lowest BCUT2D eigenvalue weighted by atomic mass is 10.2. The van der Waals surface area contributed by atoms with Crippen LogP contribution >= 0.6 is 11.6 Å². The number of halogens is 1. The second kappa shape index (κ2) is 3.54. The summed E-state index contributed by atoms with van der Waals surface area (Å²) in [6.07, 6.45) is 0. The minimum Gasteiger partial charge on any atom is -0.388 e. The second-order valence-electron chi connectivity index (χ2n) is 3.52. The lowest BCUT2D eigenvalue weighted by Gasteiger charge is -1.99. The molecule has 7 heteroatoms. The maximum atomic E-state index is 11.7. The van der Waals surface area contributed by atoms with Crippen molar-refractivity contribution in [1.29, 1.82) is 0 Å². The molecule has 0 aliphatic rings. The molecule has 1 aromatic carbocycles. The van der Waals surface area contributed by atoms with Crippen molar-refractivity contribution in [3.05, 3.63) is 39.5 Å². The van der Waals surface area contributed by atoms with E-state index >= 15 is 0 Å². The minimum atomic E-state index is -0.509. The molecule has 6 nitrogen and oxygen atoms in total. The fraction of sp³-hybridized carbons (Fsp3) is 0.100. The van der Waals surface area contributed by atoms with E-state index in [1.807, 2.05) is 0 Å². The summed E-state index contributed by atoms with van der Waals surface area (Å²) in [5.74, 6) is 0.288. The maximum absolute atomic E-state index is 11.7. The Hall–Kier alpha value is -1.92. The molecule has 0 amide bonds. The molecule has 0 spiro atoms. The van der Waals surface area contributed by atoms with Crippen molar-refractivity contribution >= 4 is 28.2 Å². The molecule has 2 heterocycles. The molecule has 17 heavy (non-hydrogen) atoms. The van der Waals surface area contributed by atoms with E-state index in [1.54, 1.807) is 18.2 Å². The summed E-state index contributed by atoms with van der Waals surface area (Å²) in [6.45, 7) is -0.285. The fourth-order valence-corrected chi connectivity index (χ4v) is 2.01. The highest BCUT2D eigenvalue weighted by atomic mass is 35.5. The van der Waals surface area contributed by atoms with Gasteiger partial charge >= 0.3 is 5.69 Å². The number of hydrogen-bond donors (Lipinski definition) is 2. The number of aliphatic hydroxyl groups excluding tert-OH is 1. The minimum absolute atomic E-state index is 0.285. The highest BCUT2D eigenvalue weighted by molar-refractivity contribution is 6.36. The van der Waals surface area contributed by atoms with E-state index in [0.717, 1.165) is 4.52 Å². The lowest BCUT2D eigenvalue weighted by Crippen LogP contribution is -2.17. The van der Waals surface area contributed by atoms with Gasteiger partial charge in [-0.15, -0.1) is 5.10 Å². The molecule has 0 bridgehead atoms. The van der Waals surface area contributed by atoms with Crippen molar-refractivity contribution < 1.29 is 5.11 Å². The van der Waals surface area contributed by atoms with Gasteiger partial charge in [-0.25, -0.2) is 4.79 Å². The van der Waals surface area contributed by atoms with Crippen LogP contribution in [0.25, 0.3) is 16.6 Å². The van der Waals surface area contributed by atoms with Crippen molar-refractivity contribution in [2.75, 3.05) is 0 Å². The van der Waals surface area contributed by atoms with Crippen molar-refractivity contribution in [3.63, 3.8) is 0 Å². The van der Waals surface area contributed by atoms with Gasteiger partial charge < -0.3 is 10.1 Å². The summed E-state index contributed by atoms with van der Waals surface area (Å²) < 4.78 is 1.10. The largest absolute Gasteiger partial charge is 0.388 e. The average molecular weight is 251 g/mol. The van der Waals surface area contributed by atoms with Crippen LogP contribution in [0.2, 0.25) is 5.02 Å². The average Bonchev–Trinajstić information content (AvgIpc) is 2.73. The monoisotopic (exact) mass is 250 g/mol. The number of nitrogens with one attached hydrogen (secondary N) is 1. The zero-order valence-electron chi connectivity index (χ0n) is 8.51. The Balaban J connectivity index is 2.61. The van der Waals surface area contributed by atoms with E-state index in [2.05, 4.69) is 15.1 Å². The Morgan fingerprint density at radius 1 is 1.47 bits per heavy atom. The molecule has 0 atom stereocenters. The van der Waals surface area contributed by atoms with E-state index < -0.39 is 5.69 Å². The predicted molar refractivity (Wildman–Crippen MR) is 62.0 cm³/mol. The Bertz CT molecular complexity index is 777. The highest BCUT2D eigenvalue weighted by Crippen LogP contribution is 2.23. The van der Waals surface area contributed by atoms with E-state index in [-0.39, 0.29) is 12.4 Å². The molecule has 0 aliphatic heterocycles. The topological polar surface area (TPSA) is 83.3 Å². The number of benzene rings is 1. The summed E-state index contributed by atoms with van der Waals surface area (Å²) in [6, 6.07) is 5.12. The van der Waals surface area contributed by atoms with Crippen molar-refractivity contribution in [3.8, 4) is 0 Å². The first-order valence-corrected chi connectivity index (χ1v) is 5.25. The molecule has 2 aromatic heterocycles. The van der Waals surface area contributed by atoms with Gasteiger partial charge in [-0.05, 0) is 12.1 Å². The molecule has 0 aliphatic carbocycles. The zero-order chi connectivity index (χ0) is 12.0. The van der Waals surface area contributed by atoms with Gasteiger partial charge in [0.25, 0.3) is 0 Å². The summed E-state index contributed by atoms with van der Waals surface area (Å²) in [5, 5.41) is 14.0. The Kier molecular flexibility index (Phi) is 2.13. The number of aliphatic hydroxyl groups is 1. The number of H-pyrrole nitrogens is 1. The lowest BCUT2D eigenvalue weighted by molar-refractivity contribution is 0.271. The van der Waals surface area contributed by atoms with E-state index in [4.69, 9.17) is 16.7 Å². The van der Waals surface area contributed by atoms with Gasteiger partial charge in [0.1, 0.15) is 12.3 Å². The normalized spacial score (nSPS) is 11.4. The van der Waals surface area contributed by atoms with Crippen LogP contribution in [0.5, 0.6) is 0 Å². The molecule has 2 N–H and O–H groups in total. The molecule has 0 saturated carbocycles. The summed E-state index contributed by atoms with van der Waals surface area (Å²) in [4.78, 5) is 18.4. The first-order valence-electron chi connectivity index (χ1n) is 4.87. The van der Waals surface area contributed by atoms with Crippen LogP contribution in [0, 0.1) is 0 Å². The van der Waals surface area contributed by atoms with Crippen LogP contribution < -0.4 is 5.69 Å². The number of nitrogens with zero attached hydrogens (tertiary/aromatic N) is 3. The van der Waals surface area contributed by atoms with Gasteiger partial charge in [0, 0.05) is 0 Å². The van der Waals surface area contributed by atoms with E-state index in [9.17, 15) is 4.79 Å². The van der Waals surface area contributed by atoms with Gasteiger partial charge in [-0.3, -0.25) is 0 Å².